The molecule has 2 saturated carbocycles. The third-order valence-corrected chi connectivity index (χ3v) is 9.35. The van der Waals surface area contributed by atoms with Crippen LogP contribution in [0, 0.1) is 51.5 Å². The third kappa shape index (κ3) is 4.96. The number of rotatable bonds is 7. The molecule has 8 nitrogen and oxygen atoms in total. The Morgan fingerprint density at radius 1 is 1.26 bits per heavy atom. The van der Waals surface area contributed by atoms with Gasteiger partial charge in [-0.3, -0.25) is 14.4 Å². The van der Waals surface area contributed by atoms with Gasteiger partial charge in [-0.2, -0.15) is 5.26 Å². The second kappa shape index (κ2) is 9.17. The first-order valence-electron chi connectivity index (χ1n) is 13.7. The molecule has 2 aliphatic heterocycles. The fourth-order valence-electron chi connectivity index (χ4n) is 6.72. The summed E-state index contributed by atoms with van der Waals surface area (Å²) >= 11 is 0. The van der Waals surface area contributed by atoms with E-state index in [0.29, 0.717) is 13.0 Å². The molecule has 3 N–H and O–H groups in total. The number of piperidine rings is 1. The molecule has 2 saturated heterocycles. The van der Waals surface area contributed by atoms with Gasteiger partial charge >= 0.3 is 0 Å². The number of carbonyl (C=O) groups is 3. The van der Waals surface area contributed by atoms with Crippen molar-refractivity contribution in [2.45, 2.75) is 84.0 Å². The van der Waals surface area contributed by atoms with E-state index in [4.69, 9.17) is 0 Å². The summed E-state index contributed by atoms with van der Waals surface area (Å²) in [4.78, 5) is 41.7. The number of nitrogens with zero attached hydrogens (tertiary/aromatic N) is 2. The first-order valence-corrected chi connectivity index (χ1v) is 13.7. The summed E-state index contributed by atoms with van der Waals surface area (Å²) in [6.07, 6.45) is 2.79. The van der Waals surface area contributed by atoms with Crippen LogP contribution in [0.15, 0.2) is 18.2 Å². The minimum absolute atomic E-state index is 0.00295. The van der Waals surface area contributed by atoms with Crippen molar-refractivity contribution < 1.29 is 23.2 Å². The Hall–Kier alpha value is -3.22. The van der Waals surface area contributed by atoms with Crippen molar-refractivity contribution in [3.63, 3.8) is 0 Å². The smallest absolute Gasteiger partial charge is 0.246 e. The van der Waals surface area contributed by atoms with E-state index in [-0.39, 0.29) is 52.6 Å². The van der Waals surface area contributed by atoms with Crippen LogP contribution >= 0.6 is 0 Å². The number of carbonyl (C=O) groups excluding carboxylic acids is 3. The molecule has 4 aliphatic rings. The Balaban J connectivity index is 1.34. The number of nitrogens with one attached hydrogen (secondary N) is 3. The van der Waals surface area contributed by atoms with Crippen molar-refractivity contribution in [3.8, 4) is 6.07 Å². The van der Waals surface area contributed by atoms with E-state index in [1.807, 2.05) is 20.8 Å². The fourth-order valence-corrected chi connectivity index (χ4v) is 6.72. The van der Waals surface area contributed by atoms with E-state index < -0.39 is 41.1 Å². The number of halogens is 2. The van der Waals surface area contributed by atoms with E-state index in [9.17, 15) is 28.4 Å². The molecule has 0 bridgehead atoms. The highest BCUT2D eigenvalue weighted by Crippen LogP contribution is 2.65. The summed E-state index contributed by atoms with van der Waals surface area (Å²) < 4.78 is 28.0. The van der Waals surface area contributed by atoms with E-state index in [0.717, 1.165) is 25.0 Å². The molecule has 0 aromatic heterocycles. The van der Waals surface area contributed by atoms with Gasteiger partial charge in [0.05, 0.1) is 11.8 Å². The van der Waals surface area contributed by atoms with Crippen LogP contribution in [0.5, 0.6) is 0 Å². The molecule has 39 heavy (non-hydrogen) atoms. The van der Waals surface area contributed by atoms with Gasteiger partial charge in [0.25, 0.3) is 0 Å². The number of amides is 3. The summed E-state index contributed by atoms with van der Waals surface area (Å²) in [6, 6.07) is 2.74. The molecular weight excluding hydrogens is 504 g/mol. The van der Waals surface area contributed by atoms with Crippen LogP contribution in [0.1, 0.15) is 60.3 Å². The quantitative estimate of drug-likeness (QED) is 0.490. The second-order valence-corrected chi connectivity index (χ2v) is 13.6. The average Bonchev–Trinajstić information content (AvgIpc) is 3.56. The fraction of sp³-hybridized carbons (Fsp3) is 0.655. The van der Waals surface area contributed by atoms with Crippen molar-refractivity contribution in [1.82, 2.24) is 15.5 Å². The molecule has 3 amide bonds. The molecule has 5 rings (SSSR count). The highest BCUT2D eigenvalue weighted by atomic mass is 19.1. The molecule has 10 heteroatoms. The van der Waals surface area contributed by atoms with Gasteiger partial charge in [-0.1, -0.05) is 34.6 Å². The molecule has 2 aliphatic carbocycles. The molecule has 0 radical (unpaired) electrons. The summed E-state index contributed by atoms with van der Waals surface area (Å²) in [6.45, 7) is 10.0. The molecule has 1 spiro atoms. The van der Waals surface area contributed by atoms with Crippen LogP contribution in [0.25, 0.3) is 0 Å². The summed E-state index contributed by atoms with van der Waals surface area (Å²) in [7, 11) is 0. The lowest BCUT2D eigenvalue weighted by molar-refractivity contribution is -0.142. The van der Waals surface area contributed by atoms with Crippen LogP contribution in [0.3, 0.4) is 0 Å². The number of hydrogen-bond acceptors (Lipinski definition) is 5. The van der Waals surface area contributed by atoms with Crippen molar-refractivity contribution in [1.29, 1.82) is 5.26 Å². The predicted molar refractivity (Wildman–Crippen MR) is 140 cm³/mol. The van der Waals surface area contributed by atoms with Crippen LogP contribution < -0.4 is 16.0 Å². The summed E-state index contributed by atoms with van der Waals surface area (Å²) in [5.41, 5.74) is -0.920. The number of nitriles is 1. The molecule has 3 unspecified atom stereocenters. The maximum Gasteiger partial charge on any atom is 0.246 e. The van der Waals surface area contributed by atoms with E-state index >= 15 is 0 Å². The monoisotopic (exact) mass is 541 g/mol. The van der Waals surface area contributed by atoms with E-state index in [1.54, 1.807) is 4.90 Å². The topological polar surface area (TPSA) is 114 Å². The van der Waals surface area contributed by atoms with Gasteiger partial charge in [0, 0.05) is 24.1 Å². The number of benzene rings is 1. The predicted octanol–water partition coefficient (Wildman–Crippen LogP) is 3.34. The second-order valence-electron chi connectivity index (χ2n) is 13.6. The van der Waals surface area contributed by atoms with Crippen molar-refractivity contribution in [2.75, 3.05) is 11.9 Å². The average molecular weight is 542 g/mol. The van der Waals surface area contributed by atoms with Gasteiger partial charge in [0.2, 0.25) is 17.7 Å². The first kappa shape index (κ1) is 27.4. The van der Waals surface area contributed by atoms with Crippen LogP contribution in [-0.4, -0.2) is 52.8 Å². The van der Waals surface area contributed by atoms with Crippen LogP contribution in [-0.2, 0) is 14.4 Å². The lowest BCUT2D eigenvalue weighted by Gasteiger charge is -2.38. The van der Waals surface area contributed by atoms with E-state index in [2.05, 4.69) is 35.9 Å². The molecule has 2 heterocycles. The molecule has 1 aromatic rings. The van der Waals surface area contributed by atoms with Crippen molar-refractivity contribution in [2.24, 2.45) is 28.6 Å². The Morgan fingerprint density at radius 3 is 2.51 bits per heavy atom. The van der Waals surface area contributed by atoms with Gasteiger partial charge in [-0.05, 0) is 60.5 Å². The van der Waals surface area contributed by atoms with E-state index in [1.165, 1.54) is 6.07 Å². The van der Waals surface area contributed by atoms with Gasteiger partial charge < -0.3 is 20.9 Å². The zero-order valence-corrected chi connectivity index (χ0v) is 23.1. The molecule has 1 aromatic carbocycles. The Labute approximate surface area is 227 Å². The number of anilines is 1. The molecule has 210 valence electrons. The zero-order chi connectivity index (χ0) is 28.5. The maximum atomic E-state index is 14.5. The zero-order valence-electron chi connectivity index (χ0n) is 23.1. The van der Waals surface area contributed by atoms with Crippen LogP contribution in [0.4, 0.5) is 14.5 Å². The highest BCUT2D eigenvalue weighted by Gasteiger charge is 2.69. The summed E-state index contributed by atoms with van der Waals surface area (Å²) in [5.74, 6) is -2.65. The minimum Gasteiger partial charge on any atom is -0.371 e. The normalized spacial score (nSPS) is 29.2. The van der Waals surface area contributed by atoms with Crippen molar-refractivity contribution in [3.05, 3.63) is 29.8 Å². The SMILES string of the molecule is CC1(C)C2CN(C(=O)[C@@H](Nc3ccc(F)cc3F)C(C)(C)C)C(C(=O)N[C@H](C#N)C[C@@H]3CC4(CC4)NC3=O)C21. The highest BCUT2D eigenvalue weighted by molar-refractivity contribution is 5.93. The largest absolute Gasteiger partial charge is 0.371 e. The van der Waals surface area contributed by atoms with Gasteiger partial charge in [-0.15, -0.1) is 0 Å². The van der Waals surface area contributed by atoms with Gasteiger partial charge in [0.15, 0.2) is 0 Å². The lowest BCUT2D eigenvalue weighted by Crippen LogP contribution is -2.57. The molecule has 6 atom stereocenters. The number of fused-ring (bicyclic) bond motifs is 1. The Kier molecular flexibility index (Phi) is 6.43. The first-order chi connectivity index (χ1) is 18.2. The van der Waals surface area contributed by atoms with Gasteiger partial charge in [0.1, 0.15) is 29.8 Å². The summed E-state index contributed by atoms with van der Waals surface area (Å²) in [5, 5.41) is 18.6. The lowest BCUT2D eigenvalue weighted by atomic mass is 9.85. The minimum atomic E-state index is -0.892. The Bertz CT molecular complexity index is 1250. The van der Waals surface area contributed by atoms with Gasteiger partial charge in [-0.25, -0.2) is 8.78 Å². The molecular formula is C29H37F2N5O3. The maximum absolute atomic E-state index is 14.5. The Morgan fingerprint density at radius 2 is 1.95 bits per heavy atom. The number of likely N-dealkylation sites (tertiary alicyclic amines) is 1. The number of hydrogen-bond donors (Lipinski definition) is 3. The van der Waals surface area contributed by atoms with Crippen LogP contribution in [0.2, 0.25) is 0 Å². The molecule has 4 fully saturated rings. The third-order valence-electron chi connectivity index (χ3n) is 9.35. The van der Waals surface area contributed by atoms with Crippen molar-refractivity contribution >= 4 is 23.4 Å². The standard InChI is InChI=1S/C29H37F2N5O3/c1-27(2,3)23(34-20-7-6-16(30)11-19(20)31)26(39)36-14-18-21(28(18,4)5)22(36)25(38)33-17(13-32)10-15-12-29(8-9-29)35-24(15)37/h6-7,11,15,17-18,21-23,34H,8-10,12,14H2,1-5H3,(H,33,38)(H,35,37)/t15-,17+,18?,21?,22?,23-/m1/s1.